The number of H-pyrrole nitrogens is 2. The van der Waals surface area contributed by atoms with E-state index in [1.807, 2.05) is 17.6 Å². The fourth-order valence-electron chi connectivity index (χ4n) is 4.55. The van der Waals surface area contributed by atoms with Gasteiger partial charge in [-0.25, -0.2) is 4.98 Å². The fourth-order valence-corrected chi connectivity index (χ4v) is 4.69. The molecule has 3 aromatic heterocycles. The van der Waals surface area contributed by atoms with Crippen LogP contribution < -0.4 is 5.56 Å². The number of likely N-dealkylation sites (tertiary alicyclic amines) is 1. The second-order valence-electron chi connectivity index (χ2n) is 7.63. The highest BCUT2D eigenvalue weighted by atomic mass is 35.5. The molecule has 0 saturated carbocycles. The van der Waals surface area contributed by atoms with E-state index in [9.17, 15) is 4.79 Å². The second-order valence-corrected chi connectivity index (χ2v) is 8.01. The lowest BCUT2D eigenvalue weighted by atomic mass is 9.83. The smallest absolute Gasteiger partial charge is 0.261 e. The number of hydrogen-bond donors (Lipinski definition) is 2. The first-order chi connectivity index (χ1) is 13.1. The van der Waals surface area contributed by atoms with E-state index in [0.717, 1.165) is 54.7 Å². The molecule has 0 unspecified atom stereocenters. The van der Waals surface area contributed by atoms with Crippen molar-refractivity contribution < 1.29 is 0 Å². The SMILES string of the molecule is Cc1[nH]nc(CN2C[C@@H]3C[C@H](C2)c2ccc(-c4ncc[nH]4)c(=O)n2C3)c1Cl. The lowest BCUT2D eigenvalue weighted by Crippen LogP contribution is -2.47. The largest absolute Gasteiger partial charge is 0.344 e. The van der Waals surface area contributed by atoms with Crippen LogP contribution in [0.25, 0.3) is 11.4 Å². The van der Waals surface area contributed by atoms with Crippen molar-refractivity contribution >= 4 is 11.6 Å². The summed E-state index contributed by atoms with van der Waals surface area (Å²) in [6.07, 6.45) is 4.55. The van der Waals surface area contributed by atoms with Crippen LogP contribution in [0.15, 0.2) is 29.3 Å². The molecule has 3 aromatic rings. The van der Waals surface area contributed by atoms with Crippen molar-refractivity contribution in [1.82, 2.24) is 29.6 Å². The number of piperidine rings is 1. The Morgan fingerprint density at radius 1 is 1.30 bits per heavy atom. The van der Waals surface area contributed by atoms with Gasteiger partial charge in [0, 0.05) is 50.2 Å². The molecule has 2 aliphatic heterocycles. The van der Waals surface area contributed by atoms with Gasteiger partial charge in [-0.1, -0.05) is 11.6 Å². The quantitative estimate of drug-likeness (QED) is 0.727. The van der Waals surface area contributed by atoms with Gasteiger partial charge in [0.15, 0.2) is 0 Å². The number of aryl methyl sites for hydroxylation is 1. The monoisotopic (exact) mass is 384 g/mol. The highest BCUT2D eigenvalue weighted by Gasteiger charge is 2.35. The maximum absolute atomic E-state index is 13.0. The van der Waals surface area contributed by atoms with Crippen molar-refractivity contribution in [2.75, 3.05) is 13.1 Å². The highest BCUT2D eigenvalue weighted by molar-refractivity contribution is 6.31. The molecule has 1 fully saturated rings. The normalized spacial score (nSPS) is 22.0. The van der Waals surface area contributed by atoms with Gasteiger partial charge < -0.3 is 9.55 Å². The van der Waals surface area contributed by atoms with Crippen LogP contribution in [0, 0.1) is 12.8 Å². The number of rotatable bonds is 3. The summed E-state index contributed by atoms with van der Waals surface area (Å²) >= 11 is 6.34. The van der Waals surface area contributed by atoms with Crippen molar-refractivity contribution in [1.29, 1.82) is 0 Å². The number of imidazole rings is 1. The minimum absolute atomic E-state index is 0.0524. The van der Waals surface area contributed by atoms with Gasteiger partial charge in [-0.2, -0.15) is 5.10 Å². The lowest BCUT2D eigenvalue weighted by molar-refractivity contribution is 0.113. The summed E-state index contributed by atoms with van der Waals surface area (Å²) in [5.41, 5.74) is 3.63. The molecule has 0 radical (unpaired) electrons. The third-order valence-corrected chi connectivity index (χ3v) is 6.25. The maximum Gasteiger partial charge on any atom is 0.261 e. The zero-order valence-electron chi connectivity index (χ0n) is 15.1. The molecule has 2 bridgehead atoms. The van der Waals surface area contributed by atoms with Gasteiger partial charge >= 0.3 is 0 Å². The van der Waals surface area contributed by atoms with E-state index < -0.39 is 0 Å². The van der Waals surface area contributed by atoms with Gasteiger partial charge in [-0.15, -0.1) is 0 Å². The van der Waals surface area contributed by atoms with Crippen LogP contribution in [0.1, 0.15) is 29.4 Å². The number of fused-ring (bicyclic) bond motifs is 4. The van der Waals surface area contributed by atoms with Crippen molar-refractivity contribution in [2.45, 2.75) is 32.4 Å². The number of halogens is 1. The molecule has 27 heavy (non-hydrogen) atoms. The molecule has 5 heterocycles. The first-order valence-corrected chi connectivity index (χ1v) is 9.63. The number of aromatic nitrogens is 5. The lowest BCUT2D eigenvalue weighted by Gasteiger charge is -2.42. The van der Waals surface area contributed by atoms with Gasteiger partial charge in [-0.05, 0) is 31.4 Å². The van der Waals surface area contributed by atoms with Crippen LogP contribution >= 0.6 is 11.6 Å². The Morgan fingerprint density at radius 3 is 2.93 bits per heavy atom. The molecule has 8 heteroatoms. The third kappa shape index (κ3) is 2.82. The Morgan fingerprint density at radius 2 is 2.19 bits per heavy atom. The van der Waals surface area contributed by atoms with Crippen LogP contribution in [0.5, 0.6) is 0 Å². The molecule has 140 valence electrons. The Hall–Kier alpha value is -2.38. The van der Waals surface area contributed by atoms with E-state index >= 15 is 0 Å². The zero-order chi connectivity index (χ0) is 18.5. The van der Waals surface area contributed by atoms with Gasteiger partial charge in [0.05, 0.1) is 22.0 Å². The van der Waals surface area contributed by atoms with Crippen LogP contribution in [-0.2, 0) is 13.1 Å². The van der Waals surface area contributed by atoms with Crippen LogP contribution in [-0.4, -0.2) is 42.7 Å². The number of hydrogen-bond acceptors (Lipinski definition) is 4. The van der Waals surface area contributed by atoms with E-state index in [-0.39, 0.29) is 5.56 Å². The third-order valence-electron chi connectivity index (χ3n) is 5.75. The molecule has 0 amide bonds. The van der Waals surface area contributed by atoms with Gasteiger partial charge in [0.2, 0.25) is 0 Å². The minimum Gasteiger partial charge on any atom is -0.344 e. The Labute approximate surface area is 161 Å². The molecule has 0 aliphatic carbocycles. The first-order valence-electron chi connectivity index (χ1n) is 9.25. The van der Waals surface area contributed by atoms with E-state index in [2.05, 4.69) is 31.1 Å². The standard InChI is InChI=1S/C19H21ClN6O/c1-11-17(20)15(24-23-11)10-25-7-12-6-13(9-25)16-3-2-14(18-21-4-5-22-18)19(27)26(16)8-12/h2-5,12-13H,6-10H2,1H3,(H,21,22)(H,23,24)/t12-,13+/m0/s1. The summed E-state index contributed by atoms with van der Waals surface area (Å²) in [4.78, 5) is 22.7. The Balaban J connectivity index is 1.44. The number of nitrogens with one attached hydrogen (secondary N) is 2. The van der Waals surface area contributed by atoms with E-state index in [0.29, 0.717) is 23.2 Å². The van der Waals surface area contributed by atoms with Crippen molar-refractivity contribution in [3.63, 3.8) is 0 Å². The predicted molar refractivity (Wildman–Crippen MR) is 103 cm³/mol. The predicted octanol–water partition coefficient (Wildman–Crippen LogP) is 2.54. The molecular formula is C19H21ClN6O. The summed E-state index contributed by atoms with van der Waals surface area (Å²) in [5.74, 6) is 1.45. The van der Waals surface area contributed by atoms with Gasteiger partial charge in [0.25, 0.3) is 5.56 Å². The van der Waals surface area contributed by atoms with Gasteiger partial charge in [0.1, 0.15) is 5.82 Å². The summed E-state index contributed by atoms with van der Waals surface area (Å²) < 4.78 is 1.96. The average Bonchev–Trinajstić information content (AvgIpc) is 3.29. The number of aromatic amines is 2. The molecule has 2 aliphatic rings. The van der Waals surface area contributed by atoms with E-state index in [1.54, 1.807) is 12.4 Å². The molecular weight excluding hydrogens is 364 g/mol. The maximum atomic E-state index is 13.0. The first kappa shape index (κ1) is 16.8. The van der Waals surface area contributed by atoms with E-state index in [1.165, 1.54) is 0 Å². The zero-order valence-corrected chi connectivity index (χ0v) is 15.8. The number of nitrogens with zero attached hydrogens (tertiary/aromatic N) is 4. The average molecular weight is 385 g/mol. The van der Waals surface area contributed by atoms with Crippen molar-refractivity contribution in [2.24, 2.45) is 5.92 Å². The summed E-state index contributed by atoms with van der Waals surface area (Å²) in [5, 5.41) is 8.02. The van der Waals surface area contributed by atoms with Crippen LogP contribution in [0.4, 0.5) is 0 Å². The molecule has 2 atom stereocenters. The van der Waals surface area contributed by atoms with Gasteiger partial charge in [-0.3, -0.25) is 14.8 Å². The summed E-state index contributed by atoms with van der Waals surface area (Å²) in [6.45, 7) is 5.30. The number of pyridine rings is 1. The molecule has 1 saturated heterocycles. The van der Waals surface area contributed by atoms with Crippen molar-refractivity contribution in [3.8, 4) is 11.4 Å². The molecule has 0 aromatic carbocycles. The summed E-state index contributed by atoms with van der Waals surface area (Å²) in [6, 6.07) is 4.00. The molecule has 5 rings (SSSR count). The van der Waals surface area contributed by atoms with Crippen LogP contribution in [0.2, 0.25) is 5.02 Å². The molecule has 7 nitrogen and oxygen atoms in total. The highest BCUT2D eigenvalue weighted by Crippen LogP contribution is 2.36. The van der Waals surface area contributed by atoms with E-state index in [4.69, 9.17) is 11.6 Å². The topological polar surface area (TPSA) is 82.6 Å². The summed E-state index contributed by atoms with van der Waals surface area (Å²) in [7, 11) is 0. The molecule has 2 N–H and O–H groups in total. The minimum atomic E-state index is 0.0524. The fraction of sp³-hybridized carbons (Fsp3) is 0.421. The van der Waals surface area contributed by atoms with Crippen LogP contribution in [0.3, 0.4) is 0 Å². The van der Waals surface area contributed by atoms with Crippen molar-refractivity contribution in [3.05, 3.63) is 57.0 Å². The molecule has 0 spiro atoms. The Bertz CT molecular complexity index is 1040. The second kappa shape index (κ2) is 6.35. The Kier molecular flexibility index (Phi) is 3.94.